The number of anilines is 8. The van der Waals surface area contributed by atoms with Crippen molar-refractivity contribution in [3.63, 3.8) is 0 Å². The van der Waals surface area contributed by atoms with Gasteiger partial charge in [-0.1, -0.05) is 12.1 Å². The Bertz CT molecular complexity index is 8200. The van der Waals surface area contributed by atoms with E-state index >= 15 is 0 Å². The molecule has 1 aliphatic rings. The predicted molar refractivity (Wildman–Crippen MR) is 536 cm³/mol. The van der Waals surface area contributed by atoms with Crippen molar-refractivity contribution < 1.29 is 98.4 Å². The molecular weight excluding hydrogens is 1960 g/mol. The third kappa shape index (κ3) is 23.9. The number of aryl methyl sites for hydroxylation is 6. The number of pyridine rings is 4. The number of rotatable bonds is 30. The standard InChI is InChI=1S/C26H26FN5O4S.C24H23F2N5O5S.C24H23F2N5O4S.C24H24FN5O3S/c1-14-4-7-23(20(27)8-14)37(33,34)32-21-10-18(12-29-25(21)35-3)17-9-19-15(2)30-26(28)31-24(19)22(11-17)36-13-16-5-6-16;1-13-17-8-14(10-20(36-7-6-34-2)22(17)30-24(27)29-13)15-9-19(23(35-3)28-12-15)31-37(32,33)21-5-4-16(25)11-18(21)26;1-12(2)35-20-9-14(7-17-13(3)29-24(27)30-22(17)20)15-8-19(23(34-4)28-11-15)31-36(32,33)21-6-5-16(25)10-18(21)26;1-13-6-7-21(18(25)8-13)34(5,31)30-19-10-16(12-27-23(19)33-4)15-9-17-14(2)28-24(26)29-22(17)20(11-15)32-3/h4,7-12,16,32H,5-6,13H2,1-3H3,(H2,28,30,31);4-5,8-12,31H,6-7H2,1-3H3,(H2,27,29,30);5-12,31H,1-4H3,(H2,27,29,30);6-12H,5H2,1-4H3,(H,30,31)(H2,26,28,29). The number of hydrogen-bond donors (Lipinski definition) is 8. The number of aromatic nitrogens is 12. The fraction of sp³-hybridized carbons (Fsp3) is 0.214. The van der Waals surface area contributed by atoms with Crippen LogP contribution in [0.5, 0.6) is 46.5 Å². The first-order valence-electron chi connectivity index (χ1n) is 43.5. The van der Waals surface area contributed by atoms with Gasteiger partial charge in [0.15, 0.2) is 0 Å². The molecule has 0 bridgehead atoms. The summed E-state index contributed by atoms with van der Waals surface area (Å²) in [6.45, 7) is 15.5. The van der Waals surface area contributed by atoms with Gasteiger partial charge in [0.1, 0.15) is 124 Å². The van der Waals surface area contributed by atoms with Crippen LogP contribution < -0.4 is 79.7 Å². The topological polar surface area (TPSA) is 509 Å². The molecule has 0 aliphatic heterocycles. The molecule has 8 aromatic carbocycles. The van der Waals surface area contributed by atoms with E-state index in [0.29, 0.717) is 166 Å². The number of nitrogens with two attached hydrogens (primary N) is 4. The van der Waals surface area contributed by atoms with Crippen LogP contribution in [0, 0.1) is 82.4 Å². The molecule has 46 heteroatoms. The molecule has 1 saturated carbocycles. The van der Waals surface area contributed by atoms with Crippen LogP contribution in [-0.2, 0) is 44.5 Å². The molecule has 750 valence electrons. The zero-order chi connectivity index (χ0) is 104. The molecular formula is C98H96F6N20O16S4. The molecule has 1 atom stereocenters. The van der Waals surface area contributed by atoms with E-state index in [2.05, 4.69) is 84.6 Å². The number of hydrogen-bond acceptors (Lipinski definition) is 32. The Kier molecular flexibility index (Phi) is 31.1. The third-order valence-electron chi connectivity index (χ3n) is 21.9. The molecule has 16 aromatic rings. The Balaban J connectivity index is 0.000000152. The summed E-state index contributed by atoms with van der Waals surface area (Å²) in [6.07, 6.45) is 8.22. The summed E-state index contributed by atoms with van der Waals surface area (Å²) in [7, 11) is -7.87. The van der Waals surface area contributed by atoms with Gasteiger partial charge in [-0.25, -0.2) is 116 Å². The lowest BCUT2D eigenvalue weighted by atomic mass is 10.0. The molecule has 17 rings (SSSR count). The molecule has 1 unspecified atom stereocenters. The average molecular weight is 2050 g/mol. The van der Waals surface area contributed by atoms with Crippen LogP contribution in [0.4, 0.5) is 72.9 Å². The van der Waals surface area contributed by atoms with Crippen LogP contribution in [0.15, 0.2) is 190 Å². The maximum absolute atomic E-state index is 14.5. The van der Waals surface area contributed by atoms with Gasteiger partial charge < -0.3 is 70.3 Å². The van der Waals surface area contributed by atoms with Gasteiger partial charge >= 0.3 is 0 Å². The molecule has 0 saturated heterocycles. The van der Waals surface area contributed by atoms with Crippen LogP contribution in [-0.4, -0.2) is 164 Å². The van der Waals surface area contributed by atoms with Gasteiger partial charge in [-0.05, 0) is 235 Å². The van der Waals surface area contributed by atoms with Crippen LogP contribution in [0.1, 0.15) is 60.6 Å². The fourth-order valence-electron chi connectivity index (χ4n) is 14.9. The van der Waals surface area contributed by atoms with Gasteiger partial charge in [0, 0.05) is 87.8 Å². The number of methoxy groups -OCH3 is 6. The quantitative estimate of drug-likeness (QED) is 0.0118. The van der Waals surface area contributed by atoms with Crippen molar-refractivity contribution >= 4 is 136 Å². The van der Waals surface area contributed by atoms with E-state index < -0.39 is 89.4 Å². The minimum atomic E-state index is -4.45. The molecule has 0 amide bonds. The molecule has 1 aliphatic carbocycles. The Hall–Kier alpha value is -16.1. The SMILES string of the molecule is C=S(=O)(Nc1cc(-c2cc(OC)c3nc(N)nc(C)c3c2)cnc1OC)c1ccc(C)cc1F.COCCOc1cc(-c2cnc(OC)c(NS(=O)(=O)c3ccc(F)cc3F)c2)cc2c(C)nc(N)nc12.COc1ncc(-c2cc(OC(C)C)c3nc(N)nc(C)c3c2)cc1NS(=O)(=O)c1ccc(F)cc1F.COc1ncc(-c2cc(OCC3CC3)c3nc(N)nc(C)c3c2)cc1NS(=O)(=O)c1ccc(C)cc1F. The number of sulfonamides is 3. The summed E-state index contributed by atoms with van der Waals surface area (Å²) in [5, 5.41) is 2.85. The molecule has 12 N–H and O–H groups in total. The molecule has 36 nitrogen and oxygen atoms in total. The van der Waals surface area contributed by atoms with Gasteiger partial charge in [0.2, 0.25) is 47.3 Å². The molecule has 1 fully saturated rings. The Morgan fingerprint density at radius 3 is 0.979 bits per heavy atom. The number of fused-ring (bicyclic) bond motifs is 4. The fourth-order valence-corrected chi connectivity index (χ4v) is 19.5. The maximum atomic E-state index is 14.5. The highest BCUT2D eigenvalue weighted by atomic mass is 32.2. The van der Waals surface area contributed by atoms with Crippen LogP contribution in [0.25, 0.3) is 88.1 Å². The van der Waals surface area contributed by atoms with E-state index in [1.165, 1.54) is 77.2 Å². The number of nitrogen functional groups attached to an aromatic ring is 4. The van der Waals surface area contributed by atoms with Gasteiger partial charge in [0.05, 0.1) is 92.2 Å². The largest absolute Gasteiger partial charge is 0.494 e. The normalized spacial score (nSPS) is 12.4. The van der Waals surface area contributed by atoms with E-state index in [1.54, 1.807) is 103 Å². The summed E-state index contributed by atoms with van der Waals surface area (Å²) >= 11 is 0. The zero-order valence-corrected chi connectivity index (χ0v) is 82.9. The van der Waals surface area contributed by atoms with Crippen molar-refractivity contribution in [2.24, 2.45) is 5.92 Å². The second-order valence-corrected chi connectivity index (χ2v) is 39.8. The predicted octanol–water partition coefficient (Wildman–Crippen LogP) is 16.9. The number of ether oxygens (including phenoxy) is 9. The van der Waals surface area contributed by atoms with E-state index in [4.69, 9.17) is 65.6 Å². The van der Waals surface area contributed by atoms with Gasteiger partial charge in [-0.2, -0.15) is 0 Å². The van der Waals surface area contributed by atoms with Crippen LogP contribution in [0.2, 0.25) is 0 Å². The maximum Gasteiger partial charge on any atom is 0.264 e. The van der Waals surface area contributed by atoms with Crippen molar-refractivity contribution in [1.29, 1.82) is 0 Å². The lowest BCUT2D eigenvalue weighted by Gasteiger charge is -2.17. The first kappa shape index (κ1) is 104. The molecule has 0 spiro atoms. The second-order valence-electron chi connectivity index (χ2n) is 32.9. The van der Waals surface area contributed by atoms with Crippen molar-refractivity contribution in [2.75, 3.05) is 104 Å². The number of nitrogens with zero attached hydrogens (tertiary/aromatic N) is 12. The second kappa shape index (κ2) is 43.2. The zero-order valence-electron chi connectivity index (χ0n) is 79.7. The van der Waals surface area contributed by atoms with Crippen molar-refractivity contribution in [3.8, 4) is 91.0 Å². The van der Waals surface area contributed by atoms with Crippen LogP contribution >= 0.6 is 0 Å². The van der Waals surface area contributed by atoms with Gasteiger partial charge in [-0.15, -0.1) is 0 Å². The van der Waals surface area contributed by atoms with Crippen molar-refractivity contribution in [3.05, 3.63) is 239 Å². The van der Waals surface area contributed by atoms with E-state index in [-0.39, 0.29) is 82.0 Å². The van der Waals surface area contributed by atoms with Gasteiger partial charge in [0.25, 0.3) is 30.1 Å². The Labute approximate surface area is 823 Å². The average Bonchev–Trinajstić information content (AvgIpc) is 0.876. The monoisotopic (exact) mass is 2050 g/mol. The highest BCUT2D eigenvalue weighted by Crippen LogP contribution is 2.44. The summed E-state index contributed by atoms with van der Waals surface area (Å²) < 4.78 is 234. The minimum absolute atomic E-state index is 0.0386. The van der Waals surface area contributed by atoms with Crippen molar-refractivity contribution in [1.82, 2.24) is 59.8 Å². The lowest BCUT2D eigenvalue weighted by Crippen LogP contribution is -2.16. The van der Waals surface area contributed by atoms with Crippen molar-refractivity contribution in [2.45, 2.75) is 93.9 Å². The number of nitrogens with one attached hydrogen (secondary N) is 4. The summed E-state index contributed by atoms with van der Waals surface area (Å²) in [6, 6.07) is 33.3. The molecule has 8 aromatic heterocycles. The summed E-state index contributed by atoms with van der Waals surface area (Å²) in [5.41, 5.74) is 34.7. The smallest absolute Gasteiger partial charge is 0.264 e. The van der Waals surface area contributed by atoms with E-state index in [1.807, 2.05) is 45.9 Å². The molecule has 8 heterocycles. The third-order valence-corrected chi connectivity index (χ3v) is 27.7. The molecule has 0 radical (unpaired) electrons. The first-order chi connectivity index (χ1) is 68.4. The highest BCUT2D eigenvalue weighted by Gasteiger charge is 2.30. The van der Waals surface area contributed by atoms with Gasteiger partial charge in [-0.3, -0.25) is 14.2 Å². The van der Waals surface area contributed by atoms with E-state index in [0.717, 1.165) is 59.5 Å². The number of benzene rings is 8. The summed E-state index contributed by atoms with van der Waals surface area (Å²) in [5.74, 6) is 1.09. The number of halogens is 6. The van der Waals surface area contributed by atoms with E-state index in [9.17, 15) is 55.8 Å². The minimum Gasteiger partial charge on any atom is -0.494 e. The highest BCUT2D eigenvalue weighted by molar-refractivity contribution is 8.01. The first-order valence-corrected chi connectivity index (χ1v) is 49.7. The molecule has 144 heavy (non-hydrogen) atoms. The summed E-state index contributed by atoms with van der Waals surface area (Å²) in [4.78, 5) is 49.3. The Morgan fingerprint density at radius 1 is 0.354 bits per heavy atom. The Morgan fingerprint density at radius 2 is 0.660 bits per heavy atom. The lowest BCUT2D eigenvalue weighted by molar-refractivity contribution is 0.147. The van der Waals surface area contributed by atoms with Crippen LogP contribution in [0.3, 0.4) is 0 Å².